The number of hydrogen-bond acceptors (Lipinski definition) is 6. The first kappa shape index (κ1) is 13.4. The lowest BCUT2D eigenvalue weighted by molar-refractivity contribution is 0.267. The molecule has 0 aliphatic rings. The molecule has 0 saturated heterocycles. The molecule has 0 atom stereocenters. The van der Waals surface area contributed by atoms with Crippen LogP contribution in [0.25, 0.3) is 16.8 Å². The van der Waals surface area contributed by atoms with Crippen molar-refractivity contribution in [3.05, 3.63) is 60.5 Å². The van der Waals surface area contributed by atoms with E-state index in [1.807, 2.05) is 12.1 Å². The van der Waals surface area contributed by atoms with Crippen molar-refractivity contribution in [1.29, 1.82) is 0 Å². The SMILES string of the molecule is Fc1ccc2oc(COc3ccc(-n4cnnn4)cc3)nc2c1. The van der Waals surface area contributed by atoms with Gasteiger partial charge in [0.2, 0.25) is 5.89 Å². The molecule has 0 saturated carbocycles. The summed E-state index contributed by atoms with van der Waals surface area (Å²) in [6.07, 6.45) is 1.51. The first-order valence-corrected chi connectivity index (χ1v) is 6.79. The van der Waals surface area contributed by atoms with Crippen LogP contribution in [0.5, 0.6) is 5.75 Å². The second-order valence-corrected chi connectivity index (χ2v) is 4.76. The average molecular weight is 311 g/mol. The number of nitrogens with zero attached hydrogens (tertiary/aromatic N) is 5. The lowest BCUT2D eigenvalue weighted by atomic mass is 10.3. The number of benzene rings is 2. The van der Waals surface area contributed by atoms with E-state index >= 15 is 0 Å². The molecule has 114 valence electrons. The second-order valence-electron chi connectivity index (χ2n) is 4.76. The van der Waals surface area contributed by atoms with Crippen molar-refractivity contribution in [3.8, 4) is 11.4 Å². The summed E-state index contributed by atoms with van der Waals surface area (Å²) in [6, 6.07) is 11.4. The molecule has 23 heavy (non-hydrogen) atoms. The van der Waals surface area contributed by atoms with Gasteiger partial charge in [0.1, 0.15) is 23.4 Å². The molecule has 0 aliphatic heterocycles. The maximum Gasteiger partial charge on any atom is 0.233 e. The molecule has 0 bridgehead atoms. The lowest BCUT2D eigenvalue weighted by Gasteiger charge is -2.04. The van der Waals surface area contributed by atoms with Gasteiger partial charge in [-0.2, -0.15) is 0 Å². The van der Waals surface area contributed by atoms with Crippen LogP contribution in [0, 0.1) is 5.82 Å². The Morgan fingerprint density at radius 3 is 2.78 bits per heavy atom. The molecule has 2 aromatic carbocycles. The Balaban J connectivity index is 1.47. The quantitative estimate of drug-likeness (QED) is 0.576. The van der Waals surface area contributed by atoms with Gasteiger partial charge in [0.15, 0.2) is 12.2 Å². The minimum atomic E-state index is -0.351. The van der Waals surface area contributed by atoms with Crippen LogP contribution >= 0.6 is 0 Å². The monoisotopic (exact) mass is 311 g/mol. The van der Waals surface area contributed by atoms with Gasteiger partial charge in [0.25, 0.3) is 0 Å². The number of tetrazole rings is 1. The smallest absolute Gasteiger partial charge is 0.233 e. The van der Waals surface area contributed by atoms with Gasteiger partial charge in [0, 0.05) is 6.07 Å². The molecular weight excluding hydrogens is 301 g/mol. The standard InChI is InChI=1S/C15H10FN5O2/c16-10-1-6-14-13(7-10)18-15(23-14)8-22-12-4-2-11(3-5-12)21-9-17-19-20-21/h1-7,9H,8H2. The summed E-state index contributed by atoms with van der Waals surface area (Å²) in [6.45, 7) is 0.153. The zero-order valence-corrected chi connectivity index (χ0v) is 11.8. The predicted octanol–water partition coefficient (Wildman–Crippen LogP) is 2.52. The molecule has 0 radical (unpaired) electrons. The van der Waals surface area contributed by atoms with E-state index in [0.717, 1.165) is 5.69 Å². The van der Waals surface area contributed by atoms with Crippen molar-refractivity contribution < 1.29 is 13.5 Å². The highest BCUT2D eigenvalue weighted by molar-refractivity contribution is 5.72. The first-order chi connectivity index (χ1) is 11.3. The van der Waals surface area contributed by atoms with E-state index in [9.17, 15) is 4.39 Å². The second kappa shape index (κ2) is 5.48. The summed E-state index contributed by atoms with van der Waals surface area (Å²) in [5.74, 6) is 0.682. The molecule has 8 heteroatoms. The third-order valence-electron chi connectivity index (χ3n) is 3.21. The maximum atomic E-state index is 13.1. The van der Waals surface area contributed by atoms with Crippen molar-refractivity contribution in [3.63, 3.8) is 0 Å². The molecule has 0 fully saturated rings. The Kier molecular flexibility index (Phi) is 3.19. The Morgan fingerprint density at radius 1 is 1.13 bits per heavy atom. The third kappa shape index (κ3) is 2.73. The highest BCUT2D eigenvalue weighted by atomic mass is 19.1. The fraction of sp³-hybridized carbons (Fsp3) is 0.0667. The number of ether oxygens (including phenoxy) is 1. The Labute approximate surface area is 129 Å². The largest absolute Gasteiger partial charge is 0.484 e. The van der Waals surface area contributed by atoms with E-state index < -0.39 is 0 Å². The summed E-state index contributed by atoms with van der Waals surface area (Å²) in [7, 11) is 0. The van der Waals surface area contributed by atoms with Crippen molar-refractivity contribution in [2.24, 2.45) is 0 Å². The van der Waals surface area contributed by atoms with E-state index in [0.29, 0.717) is 22.7 Å². The van der Waals surface area contributed by atoms with Crippen LogP contribution in [0.3, 0.4) is 0 Å². The molecule has 0 amide bonds. The van der Waals surface area contributed by atoms with Gasteiger partial charge in [-0.25, -0.2) is 14.1 Å². The zero-order chi connectivity index (χ0) is 15.6. The van der Waals surface area contributed by atoms with E-state index in [4.69, 9.17) is 9.15 Å². The van der Waals surface area contributed by atoms with Crippen LogP contribution in [0.4, 0.5) is 4.39 Å². The molecule has 0 unspecified atom stereocenters. The zero-order valence-electron chi connectivity index (χ0n) is 11.8. The third-order valence-corrected chi connectivity index (χ3v) is 3.21. The van der Waals surface area contributed by atoms with Gasteiger partial charge < -0.3 is 9.15 Å². The number of hydrogen-bond donors (Lipinski definition) is 0. The van der Waals surface area contributed by atoms with E-state index in [2.05, 4.69) is 20.5 Å². The van der Waals surface area contributed by atoms with Gasteiger partial charge in [-0.05, 0) is 46.8 Å². The fourth-order valence-electron chi connectivity index (χ4n) is 2.13. The van der Waals surface area contributed by atoms with E-state index in [1.165, 1.54) is 18.5 Å². The summed E-state index contributed by atoms with van der Waals surface area (Å²) >= 11 is 0. The number of fused-ring (bicyclic) bond motifs is 1. The van der Waals surface area contributed by atoms with Crippen molar-refractivity contribution in [2.75, 3.05) is 0 Å². The van der Waals surface area contributed by atoms with Gasteiger partial charge in [-0.3, -0.25) is 0 Å². The molecule has 7 nitrogen and oxygen atoms in total. The summed E-state index contributed by atoms with van der Waals surface area (Å²) in [5, 5.41) is 11.0. The molecular formula is C15H10FN5O2. The van der Waals surface area contributed by atoms with Crippen LogP contribution in [0.2, 0.25) is 0 Å². The molecule has 4 rings (SSSR count). The number of rotatable bonds is 4. The molecule has 4 aromatic rings. The Hall–Kier alpha value is -3.29. The van der Waals surface area contributed by atoms with Crippen LogP contribution in [-0.4, -0.2) is 25.2 Å². The molecule has 0 N–H and O–H groups in total. The molecule has 0 spiro atoms. The Bertz CT molecular complexity index is 934. The normalized spacial score (nSPS) is 11.0. The maximum absolute atomic E-state index is 13.1. The number of halogens is 1. The summed E-state index contributed by atoms with van der Waals surface area (Å²) in [5.41, 5.74) is 1.82. The molecule has 0 aliphatic carbocycles. The van der Waals surface area contributed by atoms with Crippen LogP contribution in [0.1, 0.15) is 5.89 Å². The van der Waals surface area contributed by atoms with Crippen LogP contribution < -0.4 is 4.74 Å². The fourth-order valence-corrected chi connectivity index (χ4v) is 2.13. The minimum absolute atomic E-state index is 0.153. The highest BCUT2D eigenvalue weighted by Gasteiger charge is 2.07. The Morgan fingerprint density at radius 2 is 2.00 bits per heavy atom. The average Bonchev–Trinajstić information content (AvgIpc) is 3.22. The van der Waals surface area contributed by atoms with E-state index in [1.54, 1.807) is 22.9 Å². The topological polar surface area (TPSA) is 78.9 Å². The van der Waals surface area contributed by atoms with Crippen LogP contribution in [-0.2, 0) is 6.61 Å². The van der Waals surface area contributed by atoms with Crippen molar-refractivity contribution in [1.82, 2.24) is 25.2 Å². The van der Waals surface area contributed by atoms with Crippen molar-refractivity contribution >= 4 is 11.1 Å². The highest BCUT2D eigenvalue weighted by Crippen LogP contribution is 2.19. The summed E-state index contributed by atoms with van der Waals surface area (Å²) < 4.78 is 25.8. The predicted molar refractivity (Wildman–Crippen MR) is 77.5 cm³/mol. The van der Waals surface area contributed by atoms with E-state index in [-0.39, 0.29) is 12.4 Å². The lowest BCUT2D eigenvalue weighted by Crippen LogP contribution is -1.97. The molecule has 2 heterocycles. The van der Waals surface area contributed by atoms with Crippen LogP contribution in [0.15, 0.2) is 53.2 Å². The number of aromatic nitrogens is 5. The van der Waals surface area contributed by atoms with Gasteiger partial charge in [-0.15, -0.1) is 5.10 Å². The van der Waals surface area contributed by atoms with Crippen molar-refractivity contribution in [2.45, 2.75) is 6.61 Å². The number of oxazole rings is 1. The van der Waals surface area contributed by atoms with Gasteiger partial charge in [-0.1, -0.05) is 0 Å². The minimum Gasteiger partial charge on any atom is -0.484 e. The van der Waals surface area contributed by atoms with Gasteiger partial charge in [0.05, 0.1) is 5.69 Å². The molecule has 2 aromatic heterocycles. The summed E-state index contributed by atoms with van der Waals surface area (Å²) in [4.78, 5) is 4.18. The van der Waals surface area contributed by atoms with Gasteiger partial charge >= 0.3 is 0 Å². The first-order valence-electron chi connectivity index (χ1n) is 6.79.